The van der Waals surface area contributed by atoms with E-state index in [0.29, 0.717) is 6.61 Å². The van der Waals surface area contributed by atoms with E-state index in [1.165, 1.54) is 0 Å². The highest BCUT2D eigenvalue weighted by Gasteiger charge is 2.08. The van der Waals surface area contributed by atoms with E-state index in [9.17, 15) is 5.11 Å². The molecular weight excluding hydrogens is 168 g/mol. The van der Waals surface area contributed by atoms with E-state index >= 15 is 0 Å². The largest absolute Gasteiger partial charge is 0.391 e. The molecule has 0 saturated carbocycles. The highest BCUT2D eigenvalue weighted by atomic mass is 16.5. The molecule has 0 aromatic rings. The monoisotopic (exact) mass is 190 g/mol. The lowest BCUT2D eigenvalue weighted by atomic mass is 10.1. The van der Waals surface area contributed by atoms with Crippen LogP contribution in [0.5, 0.6) is 0 Å². The van der Waals surface area contributed by atoms with Gasteiger partial charge in [0.25, 0.3) is 0 Å². The van der Waals surface area contributed by atoms with Crippen molar-refractivity contribution in [2.45, 2.75) is 51.9 Å². The topological polar surface area (TPSA) is 38.7 Å². The summed E-state index contributed by atoms with van der Waals surface area (Å²) in [5.74, 6) is 0. The van der Waals surface area contributed by atoms with Crippen molar-refractivity contribution in [2.24, 2.45) is 0 Å². The van der Waals surface area contributed by atoms with Gasteiger partial charge >= 0.3 is 0 Å². The predicted molar refractivity (Wildman–Crippen MR) is 52.8 cm³/mol. The van der Waals surface area contributed by atoms with Crippen molar-refractivity contribution in [1.29, 1.82) is 0 Å². The number of rotatable bonds is 7. The lowest BCUT2D eigenvalue weighted by Crippen LogP contribution is -2.20. The zero-order valence-corrected chi connectivity index (χ0v) is 9.12. The lowest BCUT2D eigenvalue weighted by Gasteiger charge is -2.15. The van der Waals surface area contributed by atoms with Gasteiger partial charge in [-0.15, -0.1) is 0 Å². The average molecular weight is 190 g/mol. The Hall–Kier alpha value is -0.120. The van der Waals surface area contributed by atoms with Crippen LogP contribution in [0, 0.1) is 0 Å². The summed E-state index contributed by atoms with van der Waals surface area (Å²) in [7, 11) is 1.68. The first-order valence-corrected chi connectivity index (χ1v) is 4.88. The molecule has 2 atom stereocenters. The average Bonchev–Trinajstić information content (AvgIpc) is 2.10. The molecule has 0 fully saturated rings. The Morgan fingerprint density at radius 1 is 1.15 bits per heavy atom. The van der Waals surface area contributed by atoms with Crippen LogP contribution < -0.4 is 0 Å². The third kappa shape index (κ3) is 8.22. The number of hydrogen-bond donors (Lipinski definition) is 1. The van der Waals surface area contributed by atoms with Gasteiger partial charge in [-0.3, -0.25) is 0 Å². The minimum absolute atomic E-state index is 0.189. The van der Waals surface area contributed by atoms with Crippen LogP contribution in [-0.4, -0.2) is 37.1 Å². The molecule has 1 N–H and O–H groups in total. The van der Waals surface area contributed by atoms with Crippen molar-refractivity contribution in [1.82, 2.24) is 0 Å². The third-order valence-electron chi connectivity index (χ3n) is 1.93. The number of aliphatic hydroxyl groups excluding tert-OH is 1. The third-order valence-corrected chi connectivity index (χ3v) is 1.93. The van der Waals surface area contributed by atoms with Gasteiger partial charge in [0.1, 0.15) is 0 Å². The van der Waals surface area contributed by atoms with Crippen LogP contribution in [0.3, 0.4) is 0 Å². The van der Waals surface area contributed by atoms with E-state index < -0.39 is 0 Å². The Kier molecular flexibility index (Phi) is 7.23. The minimum atomic E-state index is -0.361. The maximum absolute atomic E-state index is 9.46. The molecular formula is C10H22O3. The molecule has 0 aliphatic heterocycles. The van der Waals surface area contributed by atoms with Gasteiger partial charge in [-0.05, 0) is 33.6 Å². The normalized spacial score (nSPS) is 16.2. The highest BCUT2D eigenvalue weighted by Crippen LogP contribution is 2.05. The fourth-order valence-corrected chi connectivity index (χ4v) is 0.932. The van der Waals surface area contributed by atoms with Crippen LogP contribution in [0.4, 0.5) is 0 Å². The van der Waals surface area contributed by atoms with Crippen LogP contribution in [0.2, 0.25) is 0 Å². The maximum Gasteiger partial charge on any atom is 0.0774 e. The Morgan fingerprint density at radius 3 is 2.23 bits per heavy atom. The molecule has 0 rings (SSSR count). The summed E-state index contributed by atoms with van der Waals surface area (Å²) in [5, 5.41) is 9.46. The zero-order valence-electron chi connectivity index (χ0n) is 9.12. The number of hydrogen-bond acceptors (Lipinski definition) is 3. The van der Waals surface area contributed by atoms with Gasteiger partial charge in [-0.25, -0.2) is 0 Å². The molecule has 0 aromatic carbocycles. The molecule has 3 nitrogen and oxygen atoms in total. The molecule has 3 heteroatoms. The molecule has 0 spiro atoms. The molecule has 13 heavy (non-hydrogen) atoms. The van der Waals surface area contributed by atoms with Gasteiger partial charge in [0, 0.05) is 7.11 Å². The molecule has 0 aromatic heterocycles. The Morgan fingerprint density at radius 2 is 1.77 bits per heavy atom. The fourth-order valence-electron chi connectivity index (χ4n) is 0.932. The Labute approximate surface area is 81.0 Å². The van der Waals surface area contributed by atoms with Crippen LogP contribution in [0.25, 0.3) is 0 Å². The van der Waals surface area contributed by atoms with Crippen molar-refractivity contribution in [3.8, 4) is 0 Å². The van der Waals surface area contributed by atoms with Gasteiger partial charge in [-0.1, -0.05) is 0 Å². The smallest absolute Gasteiger partial charge is 0.0774 e. The van der Waals surface area contributed by atoms with Gasteiger partial charge in [0.15, 0.2) is 0 Å². The van der Waals surface area contributed by atoms with E-state index in [1.54, 1.807) is 7.11 Å². The first-order chi connectivity index (χ1) is 6.06. The summed E-state index contributed by atoms with van der Waals surface area (Å²) < 4.78 is 10.4. The second-order valence-corrected chi connectivity index (χ2v) is 3.66. The quantitative estimate of drug-likeness (QED) is 0.662. The number of aliphatic hydroxyl groups is 1. The number of methoxy groups -OCH3 is 1. The standard InChI is InChI=1S/C10H22O3/c1-8(2)13-7-10(11)6-5-9(3)12-4/h8-11H,5-7H2,1-4H3. The van der Waals surface area contributed by atoms with E-state index in [1.807, 2.05) is 20.8 Å². The van der Waals surface area contributed by atoms with Gasteiger partial charge in [0.2, 0.25) is 0 Å². The Balaban J connectivity index is 3.34. The van der Waals surface area contributed by atoms with Gasteiger partial charge < -0.3 is 14.6 Å². The van der Waals surface area contributed by atoms with E-state index in [-0.39, 0.29) is 18.3 Å². The number of ether oxygens (including phenoxy) is 2. The van der Waals surface area contributed by atoms with E-state index in [0.717, 1.165) is 12.8 Å². The molecule has 2 unspecified atom stereocenters. The van der Waals surface area contributed by atoms with Crippen LogP contribution in [0.1, 0.15) is 33.6 Å². The second kappa shape index (κ2) is 7.30. The summed E-state index contributed by atoms with van der Waals surface area (Å²) in [4.78, 5) is 0. The molecule has 0 heterocycles. The molecule has 0 radical (unpaired) electrons. The first kappa shape index (κ1) is 12.9. The van der Waals surface area contributed by atoms with Crippen LogP contribution in [-0.2, 0) is 9.47 Å². The maximum atomic E-state index is 9.46. The molecule has 0 aliphatic rings. The zero-order chi connectivity index (χ0) is 10.3. The van der Waals surface area contributed by atoms with Crippen molar-refractivity contribution in [3.05, 3.63) is 0 Å². The first-order valence-electron chi connectivity index (χ1n) is 4.88. The van der Waals surface area contributed by atoms with Gasteiger partial charge in [-0.2, -0.15) is 0 Å². The van der Waals surface area contributed by atoms with Crippen molar-refractivity contribution in [3.63, 3.8) is 0 Å². The molecule has 80 valence electrons. The summed E-state index contributed by atoms with van der Waals surface area (Å²) in [6.07, 6.45) is 1.66. The van der Waals surface area contributed by atoms with Crippen LogP contribution >= 0.6 is 0 Å². The summed E-state index contributed by atoms with van der Waals surface area (Å²) in [5.41, 5.74) is 0. The predicted octanol–water partition coefficient (Wildman–Crippen LogP) is 1.59. The Bertz CT molecular complexity index is 115. The fraction of sp³-hybridized carbons (Fsp3) is 1.00. The van der Waals surface area contributed by atoms with Crippen molar-refractivity contribution in [2.75, 3.05) is 13.7 Å². The summed E-state index contributed by atoms with van der Waals surface area (Å²) >= 11 is 0. The van der Waals surface area contributed by atoms with Crippen LogP contribution in [0.15, 0.2) is 0 Å². The second-order valence-electron chi connectivity index (χ2n) is 3.66. The van der Waals surface area contributed by atoms with E-state index in [4.69, 9.17) is 9.47 Å². The highest BCUT2D eigenvalue weighted by molar-refractivity contribution is 4.58. The molecule has 0 bridgehead atoms. The minimum Gasteiger partial charge on any atom is -0.391 e. The van der Waals surface area contributed by atoms with Crippen molar-refractivity contribution < 1.29 is 14.6 Å². The SMILES string of the molecule is COC(C)CCC(O)COC(C)C. The van der Waals surface area contributed by atoms with Gasteiger partial charge in [0.05, 0.1) is 24.9 Å². The summed E-state index contributed by atoms with van der Waals surface area (Å²) in [6.45, 7) is 6.35. The van der Waals surface area contributed by atoms with E-state index in [2.05, 4.69) is 0 Å². The summed E-state index contributed by atoms with van der Waals surface area (Å²) in [6, 6.07) is 0. The molecule has 0 saturated heterocycles. The lowest BCUT2D eigenvalue weighted by molar-refractivity contribution is -0.00446. The van der Waals surface area contributed by atoms with Crippen molar-refractivity contribution >= 4 is 0 Å². The molecule has 0 aliphatic carbocycles. The molecule has 0 amide bonds.